The summed E-state index contributed by atoms with van der Waals surface area (Å²) in [4.78, 5) is 2.59. The van der Waals surface area contributed by atoms with E-state index in [9.17, 15) is 0 Å². The minimum atomic E-state index is 0.506. The van der Waals surface area contributed by atoms with Crippen LogP contribution in [0.4, 0.5) is 0 Å². The second kappa shape index (κ2) is 9.08. The molecule has 0 saturated carbocycles. The summed E-state index contributed by atoms with van der Waals surface area (Å²) < 4.78 is 5.16. The van der Waals surface area contributed by atoms with Gasteiger partial charge in [0.15, 0.2) is 5.11 Å². The molecule has 2 N–H and O–H groups in total. The quantitative estimate of drug-likeness (QED) is 0.782. The lowest BCUT2D eigenvalue weighted by molar-refractivity contribution is 0.116. The van der Waals surface area contributed by atoms with E-state index < -0.39 is 0 Å². The summed E-state index contributed by atoms with van der Waals surface area (Å²) in [6.45, 7) is 7.43. The molecule has 0 aromatic heterocycles. The summed E-state index contributed by atoms with van der Waals surface area (Å²) in [6, 6.07) is 9.21. The van der Waals surface area contributed by atoms with Crippen molar-refractivity contribution in [1.29, 1.82) is 0 Å². The van der Waals surface area contributed by atoms with Crippen LogP contribution in [0.2, 0.25) is 0 Å². The number of likely N-dealkylation sites (tertiary alicyclic amines) is 1. The number of nitrogens with zero attached hydrogens (tertiary/aromatic N) is 1. The second-order valence-corrected chi connectivity index (χ2v) is 6.75. The molecule has 0 unspecified atom stereocenters. The largest absolute Gasteiger partial charge is 0.497 e. The minimum absolute atomic E-state index is 0.506. The SMILES string of the molecule is COc1ccc(CNC(=S)NC[C@H](C)N2CCCC[C@H]2C)cc1. The van der Waals surface area contributed by atoms with Crippen LogP contribution in [0.15, 0.2) is 24.3 Å². The monoisotopic (exact) mass is 335 g/mol. The molecular formula is C18H29N3OS. The average molecular weight is 336 g/mol. The van der Waals surface area contributed by atoms with Crippen molar-refractivity contribution in [2.75, 3.05) is 20.2 Å². The number of hydrogen-bond donors (Lipinski definition) is 2. The van der Waals surface area contributed by atoms with E-state index in [-0.39, 0.29) is 0 Å². The highest BCUT2D eigenvalue weighted by Gasteiger charge is 2.22. The van der Waals surface area contributed by atoms with Gasteiger partial charge in [0.25, 0.3) is 0 Å². The highest BCUT2D eigenvalue weighted by molar-refractivity contribution is 7.80. The Hall–Kier alpha value is -1.33. The van der Waals surface area contributed by atoms with E-state index >= 15 is 0 Å². The molecule has 1 saturated heterocycles. The summed E-state index contributed by atoms with van der Waals surface area (Å²) in [5, 5.41) is 7.33. The molecule has 2 rings (SSSR count). The molecule has 4 nitrogen and oxygen atoms in total. The summed E-state index contributed by atoms with van der Waals surface area (Å²) in [5.74, 6) is 0.874. The van der Waals surface area contributed by atoms with Crippen molar-refractivity contribution in [3.63, 3.8) is 0 Å². The number of piperidine rings is 1. The van der Waals surface area contributed by atoms with Crippen LogP contribution >= 0.6 is 12.2 Å². The van der Waals surface area contributed by atoms with Crippen molar-refractivity contribution in [2.24, 2.45) is 0 Å². The summed E-state index contributed by atoms with van der Waals surface area (Å²) in [6.07, 6.45) is 3.99. The topological polar surface area (TPSA) is 36.5 Å². The lowest BCUT2D eigenvalue weighted by atomic mass is 10.0. The smallest absolute Gasteiger partial charge is 0.166 e. The van der Waals surface area contributed by atoms with Crippen LogP contribution in [0.3, 0.4) is 0 Å². The Morgan fingerprint density at radius 2 is 2.04 bits per heavy atom. The molecule has 0 bridgehead atoms. The molecule has 0 radical (unpaired) electrons. The zero-order valence-corrected chi connectivity index (χ0v) is 15.3. The Morgan fingerprint density at radius 1 is 1.30 bits per heavy atom. The van der Waals surface area contributed by atoms with E-state index in [1.165, 1.54) is 31.4 Å². The van der Waals surface area contributed by atoms with Gasteiger partial charge >= 0.3 is 0 Å². The van der Waals surface area contributed by atoms with Gasteiger partial charge in [0.2, 0.25) is 0 Å². The van der Waals surface area contributed by atoms with Crippen LogP contribution in [0.25, 0.3) is 0 Å². The normalized spacial score (nSPS) is 19.9. The van der Waals surface area contributed by atoms with Gasteiger partial charge in [-0.05, 0) is 63.1 Å². The van der Waals surface area contributed by atoms with Crippen molar-refractivity contribution in [2.45, 2.75) is 51.7 Å². The first-order valence-corrected chi connectivity index (χ1v) is 8.91. The van der Waals surface area contributed by atoms with Crippen LogP contribution < -0.4 is 15.4 Å². The molecular weight excluding hydrogens is 306 g/mol. The lowest BCUT2D eigenvalue weighted by Gasteiger charge is -2.38. The van der Waals surface area contributed by atoms with Crippen molar-refractivity contribution < 1.29 is 4.74 Å². The first-order chi connectivity index (χ1) is 11.1. The van der Waals surface area contributed by atoms with E-state index in [4.69, 9.17) is 17.0 Å². The molecule has 23 heavy (non-hydrogen) atoms. The van der Waals surface area contributed by atoms with Crippen LogP contribution in [0.5, 0.6) is 5.75 Å². The van der Waals surface area contributed by atoms with Crippen molar-refractivity contribution in [3.8, 4) is 5.75 Å². The van der Waals surface area contributed by atoms with E-state index in [0.717, 1.165) is 24.0 Å². The Labute approximate surface area is 145 Å². The fraction of sp³-hybridized carbons (Fsp3) is 0.611. The number of benzene rings is 1. The zero-order chi connectivity index (χ0) is 16.7. The number of thiocarbonyl (C=S) groups is 1. The van der Waals surface area contributed by atoms with Crippen LogP contribution in [0, 0.1) is 0 Å². The van der Waals surface area contributed by atoms with Gasteiger partial charge in [-0.1, -0.05) is 18.6 Å². The Kier molecular flexibility index (Phi) is 7.12. The molecule has 1 fully saturated rings. The maximum absolute atomic E-state index is 5.39. The zero-order valence-electron chi connectivity index (χ0n) is 14.5. The van der Waals surface area contributed by atoms with Gasteiger partial charge in [-0.2, -0.15) is 0 Å². The molecule has 0 amide bonds. The number of ether oxygens (including phenoxy) is 1. The molecule has 0 spiro atoms. The fourth-order valence-corrected chi connectivity index (χ4v) is 3.28. The number of methoxy groups -OCH3 is 1. The van der Waals surface area contributed by atoms with Gasteiger partial charge < -0.3 is 15.4 Å². The molecule has 1 aliphatic rings. The van der Waals surface area contributed by atoms with Gasteiger partial charge in [-0.15, -0.1) is 0 Å². The van der Waals surface area contributed by atoms with Gasteiger partial charge in [0, 0.05) is 25.2 Å². The van der Waals surface area contributed by atoms with E-state index in [1.54, 1.807) is 7.11 Å². The summed E-state index contributed by atoms with van der Waals surface area (Å²) in [7, 11) is 1.68. The van der Waals surface area contributed by atoms with E-state index in [1.807, 2.05) is 24.3 Å². The van der Waals surface area contributed by atoms with Crippen molar-refractivity contribution in [1.82, 2.24) is 15.5 Å². The molecule has 1 heterocycles. The highest BCUT2D eigenvalue weighted by Crippen LogP contribution is 2.18. The average Bonchev–Trinajstić information content (AvgIpc) is 2.58. The standard InChI is InChI=1S/C18H29N3OS/c1-14-6-4-5-11-21(14)15(2)12-19-18(23)20-13-16-7-9-17(22-3)10-8-16/h7-10,14-15H,4-6,11-13H2,1-3H3,(H2,19,20,23)/t14-,15+/m1/s1. The third kappa shape index (κ3) is 5.66. The maximum Gasteiger partial charge on any atom is 0.166 e. The second-order valence-electron chi connectivity index (χ2n) is 6.34. The number of hydrogen-bond acceptors (Lipinski definition) is 3. The van der Waals surface area contributed by atoms with E-state index in [2.05, 4.69) is 29.4 Å². The maximum atomic E-state index is 5.39. The molecule has 1 aliphatic heterocycles. The summed E-state index contributed by atoms with van der Waals surface area (Å²) >= 11 is 5.39. The molecule has 1 aromatic rings. The molecule has 1 aromatic carbocycles. The van der Waals surface area contributed by atoms with Gasteiger partial charge in [-0.3, -0.25) is 4.90 Å². The van der Waals surface area contributed by atoms with Gasteiger partial charge in [-0.25, -0.2) is 0 Å². The minimum Gasteiger partial charge on any atom is -0.497 e. The third-order valence-corrected chi connectivity index (χ3v) is 4.88. The van der Waals surface area contributed by atoms with E-state index in [0.29, 0.717) is 12.1 Å². The first kappa shape index (κ1) is 18.0. The van der Waals surface area contributed by atoms with Crippen LogP contribution in [0.1, 0.15) is 38.7 Å². The molecule has 128 valence electrons. The Morgan fingerprint density at radius 3 is 2.70 bits per heavy atom. The third-order valence-electron chi connectivity index (χ3n) is 4.59. The van der Waals surface area contributed by atoms with Crippen molar-refractivity contribution in [3.05, 3.63) is 29.8 Å². The highest BCUT2D eigenvalue weighted by atomic mass is 32.1. The first-order valence-electron chi connectivity index (χ1n) is 8.50. The van der Waals surface area contributed by atoms with Gasteiger partial charge in [0.05, 0.1) is 7.11 Å². The number of nitrogens with one attached hydrogen (secondary N) is 2. The predicted molar refractivity (Wildman–Crippen MR) is 99.9 cm³/mol. The van der Waals surface area contributed by atoms with Crippen LogP contribution in [-0.2, 0) is 6.54 Å². The summed E-state index contributed by atoms with van der Waals surface area (Å²) in [5.41, 5.74) is 1.19. The van der Waals surface area contributed by atoms with Crippen LogP contribution in [-0.4, -0.2) is 42.3 Å². The Bertz CT molecular complexity index is 492. The lowest BCUT2D eigenvalue weighted by Crippen LogP contribution is -2.49. The van der Waals surface area contributed by atoms with Crippen molar-refractivity contribution >= 4 is 17.3 Å². The predicted octanol–water partition coefficient (Wildman–Crippen LogP) is 2.92. The molecule has 2 atom stereocenters. The Balaban J connectivity index is 1.69. The molecule has 0 aliphatic carbocycles. The number of rotatable bonds is 6. The fourth-order valence-electron chi connectivity index (χ4n) is 3.12. The molecule has 5 heteroatoms. The van der Waals surface area contributed by atoms with Gasteiger partial charge in [0.1, 0.15) is 5.75 Å².